The molecule has 2 aromatic rings. The Kier molecular flexibility index (Phi) is 5.29. The van der Waals surface area contributed by atoms with Gasteiger partial charge < -0.3 is 16.0 Å². The highest BCUT2D eigenvalue weighted by atomic mass is 19.1. The fraction of sp³-hybridized carbons (Fsp3) is 0.267. The van der Waals surface area contributed by atoms with Crippen LogP contribution in [0.15, 0.2) is 31.0 Å². The SMILES string of the molecule is C=C(NC)n1nc(CC)cc1NCC(=O)Nc1ccc(F)cn1. The van der Waals surface area contributed by atoms with Crippen molar-refractivity contribution in [2.75, 3.05) is 24.2 Å². The molecule has 8 heteroatoms. The summed E-state index contributed by atoms with van der Waals surface area (Å²) in [5, 5.41) is 12.9. The Balaban J connectivity index is 1.99. The van der Waals surface area contributed by atoms with E-state index in [1.54, 1.807) is 11.7 Å². The van der Waals surface area contributed by atoms with Crippen LogP contribution in [0.1, 0.15) is 12.6 Å². The molecule has 0 unspecified atom stereocenters. The third kappa shape index (κ3) is 4.29. The summed E-state index contributed by atoms with van der Waals surface area (Å²) in [4.78, 5) is 15.7. The fourth-order valence-electron chi connectivity index (χ4n) is 1.85. The summed E-state index contributed by atoms with van der Waals surface area (Å²) in [5.74, 6) is 0.782. The molecule has 1 amide bonds. The van der Waals surface area contributed by atoms with Crippen molar-refractivity contribution in [3.8, 4) is 0 Å². The Morgan fingerprint density at radius 2 is 2.22 bits per heavy atom. The Labute approximate surface area is 133 Å². The number of anilines is 2. The zero-order valence-electron chi connectivity index (χ0n) is 13.1. The molecule has 7 nitrogen and oxygen atoms in total. The molecule has 0 radical (unpaired) electrons. The van der Waals surface area contributed by atoms with Crippen molar-refractivity contribution in [2.24, 2.45) is 0 Å². The van der Waals surface area contributed by atoms with E-state index in [1.165, 1.54) is 12.1 Å². The molecule has 0 bridgehead atoms. The summed E-state index contributed by atoms with van der Waals surface area (Å²) in [7, 11) is 1.74. The molecule has 0 aromatic carbocycles. The van der Waals surface area contributed by atoms with Gasteiger partial charge >= 0.3 is 0 Å². The largest absolute Gasteiger partial charge is 0.374 e. The van der Waals surface area contributed by atoms with Crippen molar-refractivity contribution in [1.29, 1.82) is 0 Å². The lowest BCUT2D eigenvalue weighted by Crippen LogP contribution is -2.24. The number of hydrogen-bond acceptors (Lipinski definition) is 5. The number of hydrogen-bond donors (Lipinski definition) is 3. The summed E-state index contributed by atoms with van der Waals surface area (Å²) in [6.45, 7) is 5.87. The van der Waals surface area contributed by atoms with E-state index in [1.807, 2.05) is 13.0 Å². The second-order valence-corrected chi connectivity index (χ2v) is 4.75. The molecule has 0 aliphatic carbocycles. The van der Waals surface area contributed by atoms with Crippen LogP contribution < -0.4 is 16.0 Å². The number of nitrogens with zero attached hydrogens (tertiary/aromatic N) is 3. The van der Waals surface area contributed by atoms with Crippen molar-refractivity contribution < 1.29 is 9.18 Å². The van der Waals surface area contributed by atoms with Gasteiger partial charge in [0.1, 0.15) is 23.3 Å². The van der Waals surface area contributed by atoms with Crippen LogP contribution in [0.2, 0.25) is 0 Å². The van der Waals surface area contributed by atoms with Crippen LogP contribution in [-0.4, -0.2) is 34.3 Å². The Bertz CT molecular complexity index is 694. The van der Waals surface area contributed by atoms with Crippen LogP contribution in [0, 0.1) is 5.82 Å². The van der Waals surface area contributed by atoms with E-state index in [2.05, 4.69) is 32.6 Å². The van der Waals surface area contributed by atoms with Gasteiger partial charge in [-0.25, -0.2) is 14.1 Å². The van der Waals surface area contributed by atoms with E-state index in [0.29, 0.717) is 17.5 Å². The number of carbonyl (C=O) groups excluding carboxylic acids is 1. The van der Waals surface area contributed by atoms with E-state index in [0.717, 1.165) is 18.3 Å². The molecule has 122 valence electrons. The van der Waals surface area contributed by atoms with Crippen molar-refractivity contribution >= 4 is 23.4 Å². The van der Waals surface area contributed by atoms with Crippen molar-refractivity contribution in [3.05, 3.63) is 42.5 Å². The average Bonchev–Trinajstić information content (AvgIpc) is 2.98. The average molecular weight is 318 g/mol. The Morgan fingerprint density at radius 1 is 1.43 bits per heavy atom. The predicted molar refractivity (Wildman–Crippen MR) is 87.3 cm³/mol. The van der Waals surface area contributed by atoms with Gasteiger partial charge in [-0.05, 0) is 18.6 Å². The number of rotatable bonds is 7. The van der Waals surface area contributed by atoms with E-state index in [-0.39, 0.29) is 12.5 Å². The topological polar surface area (TPSA) is 83.9 Å². The number of aryl methyl sites for hydroxylation is 1. The summed E-state index contributed by atoms with van der Waals surface area (Å²) in [5.41, 5.74) is 0.879. The number of halogens is 1. The smallest absolute Gasteiger partial charge is 0.244 e. The number of pyridine rings is 1. The van der Waals surface area contributed by atoms with Gasteiger partial charge in [-0.2, -0.15) is 5.10 Å². The molecular weight excluding hydrogens is 299 g/mol. The minimum atomic E-state index is -0.456. The molecule has 0 aliphatic rings. The van der Waals surface area contributed by atoms with Gasteiger partial charge in [-0.3, -0.25) is 4.79 Å². The lowest BCUT2D eigenvalue weighted by atomic mass is 10.3. The standard InChI is InChI=1S/C15H19FN6O/c1-4-12-7-14(22(21-12)10(2)17-3)19-9-15(23)20-13-6-5-11(16)8-18-13/h5-8,17,19H,2,4,9H2,1,3H3,(H,18,20,23). The second-order valence-electron chi connectivity index (χ2n) is 4.75. The summed E-state index contributed by atoms with van der Waals surface area (Å²) < 4.78 is 14.4. The number of amides is 1. The first kappa shape index (κ1) is 16.5. The molecule has 2 rings (SSSR count). The first-order valence-corrected chi connectivity index (χ1v) is 7.14. The highest BCUT2D eigenvalue weighted by Gasteiger charge is 2.10. The predicted octanol–water partition coefficient (Wildman–Crippen LogP) is 1.68. The fourth-order valence-corrected chi connectivity index (χ4v) is 1.85. The van der Waals surface area contributed by atoms with Gasteiger partial charge in [-0.15, -0.1) is 0 Å². The van der Waals surface area contributed by atoms with Gasteiger partial charge in [0.2, 0.25) is 5.91 Å². The minimum absolute atomic E-state index is 0.0187. The maximum atomic E-state index is 12.8. The van der Waals surface area contributed by atoms with Gasteiger partial charge in [-0.1, -0.05) is 13.5 Å². The first-order chi connectivity index (χ1) is 11.0. The van der Waals surface area contributed by atoms with Crippen molar-refractivity contribution in [1.82, 2.24) is 20.1 Å². The van der Waals surface area contributed by atoms with E-state index in [9.17, 15) is 9.18 Å². The number of carbonyl (C=O) groups is 1. The zero-order chi connectivity index (χ0) is 16.8. The summed E-state index contributed by atoms with van der Waals surface area (Å²) in [6, 6.07) is 4.48. The lowest BCUT2D eigenvalue weighted by Gasteiger charge is -2.11. The minimum Gasteiger partial charge on any atom is -0.374 e. The summed E-state index contributed by atoms with van der Waals surface area (Å²) >= 11 is 0. The van der Waals surface area contributed by atoms with Crippen LogP contribution in [0.25, 0.3) is 5.82 Å². The maximum Gasteiger partial charge on any atom is 0.244 e. The molecule has 2 heterocycles. The molecule has 2 aromatic heterocycles. The molecule has 0 aliphatic heterocycles. The normalized spacial score (nSPS) is 10.2. The first-order valence-electron chi connectivity index (χ1n) is 7.14. The van der Waals surface area contributed by atoms with E-state index in [4.69, 9.17) is 0 Å². The lowest BCUT2D eigenvalue weighted by molar-refractivity contribution is -0.114. The molecule has 0 fully saturated rings. The molecular formula is C15H19FN6O. The Hall–Kier alpha value is -2.90. The quantitative estimate of drug-likeness (QED) is 0.723. The Morgan fingerprint density at radius 3 is 2.83 bits per heavy atom. The third-order valence-electron chi connectivity index (χ3n) is 3.09. The van der Waals surface area contributed by atoms with Gasteiger partial charge in [0, 0.05) is 13.1 Å². The van der Waals surface area contributed by atoms with Crippen LogP contribution in [0.5, 0.6) is 0 Å². The summed E-state index contributed by atoms with van der Waals surface area (Å²) in [6.07, 6.45) is 1.81. The molecule has 23 heavy (non-hydrogen) atoms. The van der Waals surface area contributed by atoms with Gasteiger partial charge in [0.15, 0.2) is 0 Å². The van der Waals surface area contributed by atoms with Crippen molar-refractivity contribution in [3.63, 3.8) is 0 Å². The van der Waals surface area contributed by atoms with Crippen LogP contribution >= 0.6 is 0 Å². The molecule has 0 spiro atoms. The molecule has 3 N–H and O–H groups in total. The maximum absolute atomic E-state index is 12.8. The number of nitrogens with one attached hydrogen (secondary N) is 3. The van der Waals surface area contributed by atoms with Gasteiger partial charge in [0.25, 0.3) is 0 Å². The second kappa shape index (κ2) is 7.39. The van der Waals surface area contributed by atoms with Crippen LogP contribution in [-0.2, 0) is 11.2 Å². The third-order valence-corrected chi connectivity index (χ3v) is 3.09. The highest BCUT2D eigenvalue weighted by Crippen LogP contribution is 2.14. The monoisotopic (exact) mass is 318 g/mol. The van der Waals surface area contributed by atoms with E-state index >= 15 is 0 Å². The van der Waals surface area contributed by atoms with Crippen molar-refractivity contribution in [2.45, 2.75) is 13.3 Å². The highest BCUT2D eigenvalue weighted by molar-refractivity contribution is 5.92. The number of aromatic nitrogens is 3. The molecule has 0 atom stereocenters. The zero-order valence-corrected chi connectivity index (χ0v) is 13.1. The molecule has 0 saturated carbocycles. The van der Waals surface area contributed by atoms with Crippen LogP contribution in [0.3, 0.4) is 0 Å². The van der Waals surface area contributed by atoms with Gasteiger partial charge in [0.05, 0.1) is 18.4 Å². The molecule has 0 saturated heterocycles. The van der Waals surface area contributed by atoms with Crippen LogP contribution in [0.4, 0.5) is 16.0 Å². The van der Waals surface area contributed by atoms with E-state index < -0.39 is 5.82 Å².